The maximum atomic E-state index is 11.7. The van der Waals surface area contributed by atoms with Crippen molar-refractivity contribution in [3.05, 3.63) is 94.4 Å². The molecule has 5 nitrogen and oxygen atoms in total. The van der Waals surface area contributed by atoms with Crippen LogP contribution < -0.4 is 0 Å². The van der Waals surface area contributed by atoms with Gasteiger partial charge in [0.1, 0.15) is 0 Å². The number of carbonyl (C=O) groups excluding carboxylic acids is 1. The van der Waals surface area contributed by atoms with Gasteiger partial charge >= 0.3 is 0 Å². The largest absolute Gasteiger partial charge is 0.512 e. The maximum absolute atomic E-state index is 11.7. The van der Waals surface area contributed by atoms with Gasteiger partial charge in [-0.15, -0.1) is 29.1 Å². The number of aryl methyl sites for hydroxylation is 3. The number of nitriles is 1. The molecular formula is C41H50IrN3O2-. The van der Waals surface area contributed by atoms with Crippen molar-refractivity contribution in [2.45, 2.75) is 100 Å². The van der Waals surface area contributed by atoms with Crippen LogP contribution >= 0.6 is 0 Å². The Kier molecular flexibility index (Phi) is 10.2. The van der Waals surface area contributed by atoms with Gasteiger partial charge in [-0.1, -0.05) is 83.7 Å². The van der Waals surface area contributed by atoms with Crippen molar-refractivity contribution in [2.24, 2.45) is 11.8 Å². The van der Waals surface area contributed by atoms with E-state index >= 15 is 0 Å². The summed E-state index contributed by atoms with van der Waals surface area (Å²) < 4.78 is 73.0. The molecule has 0 atom stereocenters. The van der Waals surface area contributed by atoms with Crippen molar-refractivity contribution in [1.29, 1.82) is 5.26 Å². The molecule has 251 valence electrons. The van der Waals surface area contributed by atoms with E-state index in [0.29, 0.717) is 5.56 Å². The van der Waals surface area contributed by atoms with Gasteiger partial charge in [-0.3, -0.25) is 4.79 Å². The van der Waals surface area contributed by atoms with Crippen LogP contribution in [-0.4, -0.2) is 21.1 Å². The van der Waals surface area contributed by atoms with Crippen molar-refractivity contribution in [3.8, 4) is 28.5 Å². The first-order valence-electron chi connectivity index (χ1n) is 20.3. The van der Waals surface area contributed by atoms with E-state index < -0.39 is 37.4 Å². The predicted molar refractivity (Wildman–Crippen MR) is 191 cm³/mol. The smallest absolute Gasteiger partial charge is 0.162 e. The van der Waals surface area contributed by atoms with E-state index in [1.54, 1.807) is 6.07 Å². The number of ketones is 1. The second-order valence-corrected chi connectivity index (χ2v) is 12.4. The quantitative estimate of drug-likeness (QED) is 0.103. The average Bonchev–Trinajstić information content (AvgIpc) is 3.10. The predicted octanol–water partition coefficient (Wildman–Crippen LogP) is 10.7. The van der Waals surface area contributed by atoms with Crippen LogP contribution in [0.5, 0.6) is 0 Å². The Balaban J connectivity index is 0.000000576. The Bertz CT molecular complexity index is 2030. The van der Waals surface area contributed by atoms with Crippen LogP contribution in [0.4, 0.5) is 0 Å². The molecule has 0 saturated heterocycles. The number of benzene rings is 3. The second-order valence-electron chi connectivity index (χ2n) is 12.4. The van der Waals surface area contributed by atoms with Gasteiger partial charge in [0, 0.05) is 61.6 Å². The first-order chi connectivity index (χ1) is 25.4. The van der Waals surface area contributed by atoms with Crippen LogP contribution in [0.2, 0.25) is 0 Å². The molecule has 1 heterocycles. The van der Waals surface area contributed by atoms with E-state index in [9.17, 15) is 15.2 Å². The minimum Gasteiger partial charge on any atom is -0.512 e. The zero-order valence-corrected chi connectivity index (χ0v) is 30.6. The summed E-state index contributed by atoms with van der Waals surface area (Å²) in [6.07, 6.45) is 4.91. The van der Waals surface area contributed by atoms with Gasteiger partial charge in [-0.05, 0) is 80.5 Å². The van der Waals surface area contributed by atoms with Gasteiger partial charge in [0.2, 0.25) is 0 Å². The number of allylic oxidation sites excluding steroid dienone is 2. The first-order valence-corrected chi connectivity index (χ1v) is 15.8. The van der Waals surface area contributed by atoms with Gasteiger partial charge in [-0.25, -0.2) is 0 Å². The van der Waals surface area contributed by atoms with Crippen LogP contribution in [0, 0.1) is 49.8 Å². The molecule has 0 aliphatic carbocycles. The molecule has 0 unspecified atom stereocenters. The summed E-state index contributed by atoms with van der Waals surface area (Å²) in [6.45, 7) is 5.64. The number of aliphatic hydroxyl groups excluding tert-OH is 1. The Hall–Kier alpha value is -3.65. The Labute approximate surface area is 308 Å². The van der Waals surface area contributed by atoms with Crippen molar-refractivity contribution >= 4 is 16.6 Å². The van der Waals surface area contributed by atoms with Crippen molar-refractivity contribution in [2.75, 3.05) is 0 Å². The van der Waals surface area contributed by atoms with E-state index in [1.165, 1.54) is 12.1 Å². The van der Waals surface area contributed by atoms with Crippen LogP contribution in [0.1, 0.15) is 114 Å². The summed E-state index contributed by atoms with van der Waals surface area (Å²) in [6, 6.07) is 18.1. The molecule has 0 spiro atoms. The molecule has 4 rings (SSSR count). The Morgan fingerprint density at radius 1 is 0.957 bits per heavy atom. The number of rotatable bonds is 9. The normalized spacial score (nSPS) is 15.2. The summed E-state index contributed by atoms with van der Waals surface area (Å²) in [5, 5.41) is 29.2. The fourth-order valence-electron chi connectivity index (χ4n) is 5.48. The van der Waals surface area contributed by atoms with Gasteiger partial charge in [-0.2, -0.15) is 15.5 Å². The molecule has 47 heavy (non-hydrogen) atoms. The Morgan fingerprint density at radius 2 is 1.57 bits per heavy atom. The van der Waals surface area contributed by atoms with Crippen LogP contribution in [0.25, 0.3) is 33.2 Å². The summed E-state index contributed by atoms with van der Waals surface area (Å²) >= 11 is 0. The molecule has 1 aromatic heterocycles. The van der Waals surface area contributed by atoms with Crippen molar-refractivity contribution < 1.29 is 42.3 Å². The third-order valence-electron chi connectivity index (χ3n) is 8.27. The average molecular weight is 818 g/mol. The van der Waals surface area contributed by atoms with E-state index in [2.05, 4.69) is 37.0 Å². The molecular weight excluding hydrogens is 759 g/mol. The molecule has 1 radical (unpaired) electrons. The van der Waals surface area contributed by atoms with Crippen LogP contribution in [0.15, 0.2) is 60.4 Å². The molecule has 4 aromatic rings. The molecule has 0 saturated carbocycles. The first kappa shape index (κ1) is 27.3. The fourth-order valence-corrected chi connectivity index (χ4v) is 5.48. The van der Waals surface area contributed by atoms with Gasteiger partial charge in [0.25, 0.3) is 0 Å². The van der Waals surface area contributed by atoms with E-state index in [-0.39, 0.29) is 71.3 Å². The minimum absolute atomic E-state index is 0. The summed E-state index contributed by atoms with van der Waals surface area (Å²) in [5.74, 6) is 0.547. The standard InChI is InChI=1S/C28H26N3.C13H24O2.Ir/c1-17-11-20(16-29)12-18(2)27(17)24-15-26(31-30-19(24)3)22-13-21-9-7-8-10-23(21)25(14-22)28(4,5)6;1-5-10(6-2)12(14)9-13(15)11(7-3)8-4;/h7-12,14-15H,1-6H3;9-11,14H,5-8H2,1-4H3;/q-1;;/b;12-9-;/i1D3,2D3,3D3;;. The van der Waals surface area contributed by atoms with Crippen molar-refractivity contribution in [3.63, 3.8) is 0 Å². The topological polar surface area (TPSA) is 86.9 Å². The number of aromatic nitrogens is 2. The molecule has 0 amide bonds. The molecule has 6 heteroatoms. The third-order valence-corrected chi connectivity index (χ3v) is 8.27. The van der Waals surface area contributed by atoms with Crippen LogP contribution in [0.3, 0.4) is 0 Å². The number of carbonyl (C=O) groups is 1. The van der Waals surface area contributed by atoms with Crippen LogP contribution in [-0.2, 0) is 30.3 Å². The zero-order valence-electron chi connectivity index (χ0n) is 37.2. The molecule has 3 aromatic carbocycles. The minimum atomic E-state index is -2.87. The number of hydrogen-bond acceptors (Lipinski definition) is 5. The Morgan fingerprint density at radius 3 is 2.11 bits per heavy atom. The maximum Gasteiger partial charge on any atom is 0.162 e. The number of aliphatic hydroxyl groups is 1. The van der Waals surface area contributed by atoms with E-state index in [4.69, 9.17) is 12.3 Å². The third kappa shape index (κ3) is 9.69. The van der Waals surface area contributed by atoms with Gasteiger partial charge in [0.05, 0.1) is 23.1 Å². The monoisotopic (exact) mass is 818 g/mol. The fraction of sp³-hybridized carbons (Fsp3) is 0.415. The number of hydrogen-bond donors (Lipinski definition) is 1. The number of nitrogens with zero attached hydrogens (tertiary/aromatic N) is 3. The zero-order chi connectivity index (χ0) is 41.7. The molecule has 0 aliphatic rings. The SMILES string of the molecule is CCC(CC)C(=O)/C=C(\O)C(CC)CC.[2H]C([2H])([2H])c1cc(C#N)cc(C([2H])([2H])[2H])c1-c1cc(-c2[c-]c3ccccc3c(C(C)(C)C)c2)nnc1C([2H])([2H])[2H].[Ir]. The molecule has 0 aliphatic heterocycles. The number of fused-ring (bicyclic) bond motifs is 1. The molecule has 0 fully saturated rings. The summed E-state index contributed by atoms with van der Waals surface area (Å²) in [7, 11) is 0. The summed E-state index contributed by atoms with van der Waals surface area (Å²) in [4.78, 5) is 11.7. The molecule has 0 bridgehead atoms. The van der Waals surface area contributed by atoms with Gasteiger partial charge < -0.3 is 5.11 Å². The summed E-state index contributed by atoms with van der Waals surface area (Å²) in [5.41, 5.74) is -0.793. The molecule has 1 N–H and O–H groups in total. The van der Waals surface area contributed by atoms with E-state index in [0.717, 1.165) is 54.2 Å². The second kappa shape index (κ2) is 17.5. The van der Waals surface area contributed by atoms with Gasteiger partial charge in [0.15, 0.2) is 5.78 Å². The van der Waals surface area contributed by atoms with Crippen molar-refractivity contribution in [1.82, 2.24) is 10.2 Å². The van der Waals surface area contributed by atoms with E-state index in [1.807, 2.05) is 58.0 Å².